The summed E-state index contributed by atoms with van der Waals surface area (Å²) in [6.45, 7) is 5.73. The second-order valence-corrected chi connectivity index (χ2v) is 5.29. The van der Waals surface area contributed by atoms with Gasteiger partial charge in [0, 0.05) is 11.1 Å². The van der Waals surface area contributed by atoms with Gasteiger partial charge < -0.3 is 10.4 Å². The molecule has 0 saturated heterocycles. The van der Waals surface area contributed by atoms with Gasteiger partial charge in [-0.05, 0) is 37.5 Å². The van der Waals surface area contributed by atoms with Crippen molar-refractivity contribution in [2.75, 3.05) is 6.61 Å². The largest absolute Gasteiger partial charge is 0.394 e. The van der Waals surface area contributed by atoms with Crippen LogP contribution in [0.4, 0.5) is 0 Å². The van der Waals surface area contributed by atoms with Crippen LogP contribution in [0, 0.1) is 0 Å². The van der Waals surface area contributed by atoms with Gasteiger partial charge in [0.2, 0.25) is 5.91 Å². The number of nitrogens with one attached hydrogen (secondary N) is 1. The summed E-state index contributed by atoms with van der Waals surface area (Å²) in [4.78, 5) is 12.5. The van der Waals surface area contributed by atoms with E-state index in [-0.39, 0.29) is 18.6 Å². The molecule has 0 aliphatic rings. The lowest BCUT2D eigenvalue weighted by atomic mass is 9.75. The number of aliphatic hydroxyl groups is 1. The van der Waals surface area contributed by atoms with Gasteiger partial charge in [-0.2, -0.15) is 0 Å². The number of carbonyl (C=O) groups is 1. The molecule has 3 nitrogen and oxygen atoms in total. The molecule has 0 aliphatic carbocycles. The van der Waals surface area contributed by atoms with E-state index in [9.17, 15) is 4.79 Å². The summed E-state index contributed by atoms with van der Waals surface area (Å²) in [6, 6.07) is 7.17. The second-order valence-electron chi connectivity index (χ2n) is 4.85. The van der Waals surface area contributed by atoms with E-state index in [1.54, 1.807) is 19.1 Å². The minimum Gasteiger partial charge on any atom is -0.394 e. The predicted molar refractivity (Wildman–Crippen MR) is 78.4 cm³/mol. The summed E-state index contributed by atoms with van der Waals surface area (Å²) in [5.74, 6) is -0.0404. The van der Waals surface area contributed by atoms with Gasteiger partial charge in [-0.1, -0.05) is 37.6 Å². The Kier molecular flexibility index (Phi) is 5.83. The maximum Gasteiger partial charge on any atom is 0.230 e. The number of amides is 1. The minimum absolute atomic E-state index is 0.0404. The van der Waals surface area contributed by atoms with Crippen LogP contribution in [0.2, 0.25) is 5.02 Å². The number of benzene rings is 1. The molecule has 0 spiro atoms. The molecular weight excluding hydrogens is 262 g/mol. The van der Waals surface area contributed by atoms with Crippen molar-refractivity contribution < 1.29 is 9.90 Å². The van der Waals surface area contributed by atoms with E-state index < -0.39 is 5.41 Å². The number of hydrogen-bond acceptors (Lipinski definition) is 2. The van der Waals surface area contributed by atoms with Crippen LogP contribution < -0.4 is 5.32 Å². The molecule has 19 heavy (non-hydrogen) atoms. The van der Waals surface area contributed by atoms with Gasteiger partial charge in [0.15, 0.2) is 0 Å². The smallest absolute Gasteiger partial charge is 0.230 e. The Hall–Kier alpha value is -1.06. The first-order valence-corrected chi connectivity index (χ1v) is 7.05. The minimum atomic E-state index is -0.561. The summed E-state index contributed by atoms with van der Waals surface area (Å²) in [6.07, 6.45) is 1.41. The third kappa shape index (κ3) is 3.48. The molecule has 1 aromatic rings. The highest BCUT2D eigenvalue weighted by atomic mass is 35.5. The topological polar surface area (TPSA) is 49.3 Å². The zero-order valence-electron chi connectivity index (χ0n) is 11.7. The molecule has 0 heterocycles. The molecule has 1 atom stereocenters. The van der Waals surface area contributed by atoms with Crippen LogP contribution in [-0.4, -0.2) is 23.7 Å². The molecule has 1 aromatic carbocycles. The Bertz CT molecular complexity index is 413. The molecule has 0 fully saturated rings. The summed E-state index contributed by atoms with van der Waals surface area (Å²) in [5, 5.41) is 12.6. The van der Waals surface area contributed by atoms with Crippen LogP contribution in [0.1, 0.15) is 39.2 Å². The Morgan fingerprint density at radius 2 is 1.84 bits per heavy atom. The summed E-state index contributed by atoms with van der Waals surface area (Å²) in [7, 11) is 0. The Morgan fingerprint density at radius 1 is 1.32 bits per heavy atom. The summed E-state index contributed by atoms with van der Waals surface area (Å²) in [5.41, 5.74) is 0.401. The number of halogens is 1. The molecule has 106 valence electrons. The van der Waals surface area contributed by atoms with Gasteiger partial charge >= 0.3 is 0 Å². The van der Waals surface area contributed by atoms with E-state index >= 15 is 0 Å². The Morgan fingerprint density at radius 3 is 2.26 bits per heavy atom. The predicted octanol–water partition coefficient (Wildman–Crippen LogP) is 2.89. The molecule has 0 bridgehead atoms. The number of hydrogen-bond donors (Lipinski definition) is 2. The second kappa shape index (κ2) is 6.92. The first kappa shape index (κ1) is 16.0. The van der Waals surface area contributed by atoms with Gasteiger partial charge in [0.1, 0.15) is 0 Å². The van der Waals surface area contributed by atoms with Gasteiger partial charge in [-0.15, -0.1) is 0 Å². The summed E-state index contributed by atoms with van der Waals surface area (Å²) >= 11 is 5.90. The van der Waals surface area contributed by atoms with E-state index in [0.717, 1.165) is 5.56 Å². The zero-order valence-corrected chi connectivity index (χ0v) is 12.5. The van der Waals surface area contributed by atoms with Crippen molar-refractivity contribution in [3.05, 3.63) is 34.9 Å². The fourth-order valence-electron chi connectivity index (χ4n) is 2.29. The normalized spacial score (nSPS) is 13.1. The molecule has 1 rings (SSSR count). The van der Waals surface area contributed by atoms with Crippen LogP contribution >= 0.6 is 11.6 Å². The maximum absolute atomic E-state index is 12.5. The van der Waals surface area contributed by atoms with Gasteiger partial charge in [0.25, 0.3) is 0 Å². The van der Waals surface area contributed by atoms with Crippen molar-refractivity contribution in [1.29, 1.82) is 0 Å². The average Bonchev–Trinajstić information content (AvgIpc) is 2.42. The number of aliphatic hydroxyl groups excluding tert-OH is 1. The lowest BCUT2D eigenvalue weighted by molar-refractivity contribution is -0.128. The number of carbonyl (C=O) groups excluding carboxylic acids is 1. The van der Waals surface area contributed by atoms with Crippen LogP contribution in [0.15, 0.2) is 24.3 Å². The van der Waals surface area contributed by atoms with Crippen molar-refractivity contribution in [3.63, 3.8) is 0 Å². The standard InChI is InChI=1S/C15H22ClNO2/c1-4-15(5-2,14(19)17-11(3)10-18)12-6-8-13(16)9-7-12/h6-9,11,18H,4-5,10H2,1-3H3,(H,17,19). The van der Waals surface area contributed by atoms with Crippen LogP contribution in [0.25, 0.3) is 0 Å². The first-order chi connectivity index (χ1) is 9.00. The van der Waals surface area contributed by atoms with Crippen molar-refractivity contribution in [2.24, 2.45) is 0 Å². The van der Waals surface area contributed by atoms with Crippen molar-refractivity contribution in [2.45, 2.75) is 45.1 Å². The van der Waals surface area contributed by atoms with E-state index in [0.29, 0.717) is 17.9 Å². The number of rotatable bonds is 6. The highest BCUT2D eigenvalue weighted by Crippen LogP contribution is 2.32. The molecule has 2 N–H and O–H groups in total. The lowest BCUT2D eigenvalue weighted by Gasteiger charge is -2.32. The molecule has 0 aromatic heterocycles. The van der Waals surface area contributed by atoms with E-state index in [1.165, 1.54) is 0 Å². The zero-order chi connectivity index (χ0) is 14.5. The third-order valence-corrected chi connectivity index (χ3v) is 3.94. The maximum atomic E-state index is 12.5. The van der Waals surface area contributed by atoms with Crippen molar-refractivity contribution in [1.82, 2.24) is 5.32 Å². The van der Waals surface area contributed by atoms with Gasteiger partial charge in [0.05, 0.1) is 12.0 Å². The highest BCUT2D eigenvalue weighted by molar-refractivity contribution is 6.30. The SMILES string of the molecule is CCC(CC)(C(=O)NC(C)CO)c1ccc(Cl)cc1. The monoisotopic (exact) mass is 283 g/mol. The third-order valence-electron chi connectivity index (χ3n) is 3.69. The highest BCUT2D eigenvalue weighted by Gasteiger charge is 2.37. The molecular formula is C15H22ClNO2. The van der Waals surface area contributed by atoms with Crippen molar-refractivity contribution >= 4 is 17.5 Å². The van der Waals surface area contributed by atoms with Gasteiger partial charge in [-0.3, -0.25) is 4.79 Å². The summed E-state index contributed by atoms with van der Waals surface area (Å²) < 4.78 is 0. The molecule has 1 unspecified atom stereocenters. The van der Waals surface area contributed by atoms with E-state index in [2.05, 4.69) is 5.32 Å². The quantitative estimate of drug-likeness (QED) is 0.843. The Labute approximate surface area is 120 Å². The van der Waals surface area contributed by atoms with Crippen LogP contribution in [0.5, 0.6) is 0 Å². The molecule has 0 radical (unpaired) electrons. The molecule has 0 saturated carbocycles. The van der Waals surface area contributed by atoms with Crippen LogP contribution in [-0.2, 0) is 10.2 Å². The molecule has 4 heteroatoms. The van der Waals surface area contributed by atoms with E-state index in [1.807, 2.05) is 26.0 Å². The van der Waals surface area contributed by atoms with E-state index in [4.69, 9.17) is 16.7 Å². The first-order valence-electron chi connectivity index (χ1n) is 6.68. The van der Waals surface area contributed by atoms with Crippen molar-refractivity contribution in [3.8, 4) is 0 Å². The lowest BCUT2D eigenvalue weighted by Crippen LogP contribution is -2.48. The molecule has 0 aliphatic heterocycles. The van der Waals surface area contributed by atoms with Crippen LogP contribution in [0.3, 0.4) is 0 Å². The average molecular weight is 284 g/mol. The fraction of sp³-hybridized carbons (Fsp3) is 0.533. The fourth-order valence-corrected chi connectivity index (χ4v) is 2.41. The Balaban J connectivity index is 3.09. The molecule has 1 amide bonds. The van der Waals surface area contributed by atoms with Gasteiger partial charge in [-0.25, -0.2) is 0 Å².